The van der Waals surface area contributed by atoms with E-state index in [4.69, 9.17) is 5.73 Å². The van der Waals surface area contributed by atoms with Crippen molar-refractivity contribution in [2.75, 3.05) is 26.2 Å². The van der Waals surface area contributed by atoms with Gasteiger partial charge in [0.15, 0.2) is 0 Å². The third-order valence-corrected chi connectivity index (χ3v) is 1.90. The zero-order valence-corrected chi connectivity index (χ0v) is 7.74. The van der Waals surface area contributed by atoms with E-state index < -0.39 is 0 Å². The molecule has 1 rings (SSSR count). The smallest absolute Gasteiger partial charge is 0.121 e. The molecule has 0 aromatic carbocycles. The highest BCUT2D eigenvalue weighted by Crippen LogP contribution is 2.03. The van der Waals surface area contributed by atoms with Gasteiger partial charge in [-0.2, -0.15) is 0 Å². The molecule has 0 aromatic heterocycles. The molecule has 4 nitrogen and oxygen atoms in total. The van der Waals surface area contributed by atoms with E-state index in [9.17, 15) is 0 Å². The fraction of sp³-hybridized carbons (Fsp3) is 0.444. The van der Waals surface area contributed by atoms with Crippen molar-refractivity contribution in [3.8, 4) is 0 Å². The molecule has 4 heteroatoms. The molecule has 0 spiro atoms. The lowest BCUT2D eigenvalue weighted by Gasteiger charge is -2.28. The van der Waals surface area contributed by atoms with E-state index in [2.05, 4.69) is 21.8 Å². The van der Waals surface area contributed by atoms with E-state index >= 15 is 0 Å². The lowest BCUT2D eigenvalue weighted by atomic mass is 10.4. The summed E-state index contributed by atoms with van der Waals surface area (Å²) in [5, 5.41) is 3.27. The van der Waals surface area contributed by atoms with E-state index in [1.165, 1.54) is 6.20 Å². The fourth-order valence-electron chi connectivity index (χ4n) is 1.18. The van der Waals surface area contributed by atoms with Gasteiger partial charge in [-0.25, -0.2) is 4.99 Å². The Morgan fingerprint density at radius 1 is 1.46 bits per heavy atom. The van der Waals surface area contributed by atoms with Gasteiger partial charge >= 0.3 is 0 Å². The number of nitrogens with zero attached hydrogens (tertiary/aromatic N) is 2. The Morgan fingerprint density at radius 3 is 2.77 bits per heavy atom. The van der Waals surface area contributed by atoms with Crippen LogP contribution in [0, 0.1) is 0 Å². The van der Waals surface area contributed by atoms with Crippen LogP contribution in [0.3, 0.4) is 0 Å². The Balaban J connectivity index is 2.37. The van der Waals surface area contributed by atoms with E-state index in [1.807, 2.05) is 0 Å². The monoisotopic (exact) mass is 180 g/mol. The van der Waals surface area contributed by atoms with Crippen molar-refractivity contribution in [1.82, 2.24) is 10.2 Å². The summed E-state index contributed by atoms with van der Waals surface area (Å²) in [5.74, 6) is 0.805. The average Bonchev–Trinajstić information content (AvgIpc) is 2.19. The molecule has 3 N–H and O–H groups in total. The van der Waals surface area contributed by atoms with Crippen LogP contribution < -0.4 is 11.1 Å². The average molecular weight is 180 g/mol. The Morgan fingerprint density at radius 2 is 2.15 bits per heavy atom. The van der Waals surface area contributed by atoms with Gasteiger partial charge in [-0.15, -0.1) is 0 Å². The molecule has 0 aliphatic carbocycles. The van der Waals surface area contributed by atoms with Crippen molar-refractivity contribution < 1.29 is 0 Å². The van der Waals surface area contributed by atoms with E-state index in [-0.39, 0.29) is 0 Å². The molecule has 1 aliphatic heterocycles. The summed E-state index contributed by atoms with van der Waals surface area (Å²) < 4.78 is 0. The lowest BCUT2D eigenvalue weighted by molar-refractivity contribution is 0.298. The number of nitrogens with one attached hydrogen (secondary N) is 1. The van der Waals surface area contributed by atoms with Gasteiger partial charge in [0.1, 0.15) is 5.82 Å². The van der Waals surface area contributed by atoms with E-state index in [0.29, 0.717) is 0 Å². The van der Waals surface area contributed by atoms with Crippen LogP contribution in [0.15, 0.2) is 29.7 Å². The molecule has 0 saturated carbocycles. The van der Waals surface area contributed by atoms with Crippen molar-refractivity contribution in [3.05, 3.63) is 24.7 Å². The minimum absolute atomic E-state index is 0.805. The van der Waals surface area contributed by atoms with E-state index in [0.717, 1.165) is 32.0 Å². The minimum atomic E-state index is 0.805. The number of nitrogens with two attached hydrogens (primary N) is 1. The molecule has 13 heavy (non-hydrogen) atoms. The predicted octanol–water partition coefficient (Wildman–Crippen LogP) is -0.0940. The summed E-state index contributed by atoms with van der Waals surface area (Å²) in [4.78, 5) is 6.30. The summed E-state index contributed by atoms with van der Waals surface area (Å²) in [6, 6.07) is 0. The molecule has 1 heterocycles. The molecule has 0 amide bonds. The molecule has 1 fully saturated rings. The first-order valence-electron chi connectivity index (χ1n) is 4.40. The summed E-state index contributed by atoms with van der Waals surface area (Å²) in [5.41, 5.74) is 5.17. The van der Waals surface area contributed by atoms with Crippen LogP contribution in [-0.4, -0.2) is 37.3 Å². The van der Waals surface area contributed by atoms with Crippen molar-refractivity contribution in [3.63, 3.8) is 0 Å². The van der Waals surface area contributed by atoms with Gasteiger partial charge in [0.05, 0.1) is 0 Å². The second-order valence-corrected chi connectivity index (χ2v) is 2.82. The Kier molecular flexibility index (Phi) is 4.05. The van der Waals surface area contributed by atoms with Gasteiger partial charge in [-0.3, -0.25) is 0 Å². The van der Waals surface area contributed by atoms with Gasteiger partial charge in [-0.1, -0.05) is 6.58 Å². The van der Waals surface area contributed by atoms with Crippen molar-refractivity contribution in [2.24, 2.45) is 10.7 Å². The molecule has 0 atom stereocenters. The Labute approximate surface area is 78.8 Å². The number of aliphatic imine (C=N–C) groups is 1. The molecule has 1 aliphatic rings. The summed E-state index contributed by atoms with van der Waals surface area (Å²) >= 11 is 0. The number of allylic oxidation sites excluding steroid dienone is 1. The second kappa shape index (κ2) is 5.37. The Hall–Kier alpha value is -1.29. The molecule has 72 valence electrons. The molecule has 0 bridgehead atoms. The largest absolute Gasteiger partial charge is 0.405 e. The predicted molar refractivity (Wildman–Crippen MR) is 55.4 cm³/mol. The first kappa shape index (κ1) is 9.80. The number of rotatable bonds is 3. The second-order valence-electron chi connectivity index (χ2n) is 2.82. The van der Waals surface area contributed by atoms with Gasteiger partial charge in [-0.05, 0) is 12.3 Å². The van der Waals surface area contributed by atoms with E-state index in [1.54, 1.807) is 12.3 Å². The summed E-state index contributed by atoms with van der Waals surface area (Å²) in [7, 11) is 0. The van der Waals surface area contributed by atoms with Gasteiger partial charge < -0.3 is 16.0 Å². The SMILES string of the molecule is C=C(N=C/C=C\N)N1CCNCC1. The van der Waals surface area contributed by atoms with Crippen molar-refractivity contribution in [2.45, 2.75) is 0 Å². The van der Waals surface area contributed by atoms with Gasteiger partial charge in [0.25, 0.3) is 0 Å². The highest BCUT2D eigenvalue weighted by atomic mass is 15.2. The number of hydrogen-bond acceptors (Lipinski definition) is 4. The fourth-order valence-corrected chi connectivity index (χ4v) is 1.18. The maximum absolute atomic E-state index is 5.17. The maximum atomic E-state index is 5.17. The van der Waals surface area contributed by atoms with Gasteiger partial charge in [0, 0.05) is 32.4 Å². The zero-order chi connectivity index (χ0) is 9.52. The standard InChI is InChI=1S/C9H16N4/c1-9(12-4-2-3-10)13-7-5-11-6-8-13/h2-4,11H,1,5-8,10H2/b3-2-,12-4?. The van der Waals surface area contributed by atoms with Crippen molar-refractivity contribution in [1.29, 1.82) is 0 Å². The third kappa shape index (κ3) is 3.29. The molecule has 1 saturated heterocycles. The minimum Gasteiger partial charge on any atom is -0.405 e. The highest BCUT2D eigenvalue weighted by molar-refractivity contribution is 5.71. The molecule has 0 unspecified atom stereocenters. The topological polar surface area (TPSA) is 53.6 Å². The van der Waals surface area contributed by atoms with Crippen molar-refractivity contribution >= 4 is 6.21 Å². The Bertz CT molecular complexity index is 214. The third-order valence-electron chi connectivity index (χ3n) is 1.90. The number of piperazine rings is 1. The summed E-state index contributed by atoms with van der Waals surface area (Å²) in [6.07, 6.45) is 4.80. The maximum Gasteiger partial charge on any atom is 0.121 e. The first-order chi connectivity index (χ1) is 6.34. The number of hydrogen-bond donors (Lipinski definition) is 2. The highest BCUT2D eigenvalue weighted by Gasteiger charge is 2.09. The van der Waals surface area contributed by atoms with Crippen LogP contribution in [0.5, 0.6) is 0 Å². The van der Waals surface area contributed by atoms with Crippen LogP contribution in [0.4, 0.5) is 0 Å². The summed E-state index contributed by atoms with van der Waals surface area (Å²) in [6.45, 7) is 7.83. The van der Waals surface area contributed by atoms with Crippen LogP contribution in [0.1, 0.15) is 0 Å². The molecule has 0 aromatic rings. The zero-order valence-electron chi connectivity index (χ0n) is 7.74. The van der Waals surface area contributed by atoms with Crippen LogP contribution >= 0.6 is 0 Å². The quantitative estimate of drug-likeness (QED) is 0.597. The normalized spacial score (nSPS) is 18.6. The van der Waals surface area contributed by atoms with Crippen LogP contribution in [-0.2, 0) is 0 Å². The first-order valence-corrected chi connectivity index (χ1v) is 4.40. The molecular weight excluding hydrogens is 164 g/mol. The molecule has 0 radical (unpaired) electrons. The van der Waals surface area contributed by atoms with Crippen LogP contribution in [0.25, 0.3) is 0 Å². The molecular formula is C9H16N4. The van der Waals surface area contributed by atoms with Crippen LogP contribution in [0.2, 0.25) is 0 Å². The lowest BCUT2D eigenvalue weighted by Crippen LogP contribution is -2.42. The van der Waals surface area contributed by atoms with Gasteiger partial charge in [0.2, 0.25) is 0 Å².